The first-order valence-electron chi connectivity index (χ1n) is 6.70. The number of aromatic nitrogens is 3. The third-order valence-electron chi connectivity index (χ3n) is 3.56. The van der Waals surface area contributed by atoms with Gasteiger partial charge in [-0.25, -0.2) is 0 Å². The van der Waals surface area contributed by atoms with Crippen molar-refractivity contribution in [2.24, 2.45) is 0 Å². The van der Waals surface area contributed by atoms with Gasteiger partial charge in [0.2, 0.25) is 0 Å². The lowest BCUT2D eigenvalue weighted by Crippen LogP contribution is -2.49. The van der Waals surface area contributed by atoms with Gasteiger partial charge in [0.05, 0.1) is 21.4 Å². The third kappa shape index (κ3) is 2.88. The average molecular weight is 358 g/mol. The fourth-order valence-corrected chi connectivity index (χ4v) is 3.64. The van der Waals surface area contributed by atoms with Crippen LogP contribution in [0.2, 0.25) is 10.0 Å². The van der Waals surface area contributed by atoms with Crippen molar-refractivity contribution in [3.8, 4) is 0 Å². The second-order valence-corrected chi connectivity index (χ2v) is 6.49. The van der Waals surface area contributed by atoms with Gasteiger partial charge in [-0.1, -0.05) is 27.7 Å². The van der Waals surface area contributed by atoms with Crippen LogP contribution in [0.5, 0.6) is 0 Å². The number of nitrogens with zero attached hydrogens (tertiary/aromatic N) is 5. The van der Waals surface area contributed by atoms with E-state index < -0.39 is 0 Å². The minimum Gasteiger partial charge on any atom is -0.365 e. The monoisotopic (exact) mass is 357 g/mol. The smallest absolute Gasteiger partial charge is 0.267 e. The molecule has 3 rings (SSSR count). The van der Waals surface area contributed by atoms with Gasteiger partial charge in [0, 0.05) is 38.6 Å². The molecule has 2 aromatic rings. The molecule has 6 nitrogen and oxygen atoms in total. The number of carbonyl (C=O) groups is 1. The second-order valence-electron chi connectivity index (χ2n) is 4.92. The van der Waals surface area contributed by atoms with Gasteiger partial charge in [0.15, 0.2) is 0 Å². The number of piperazine rings is 1. The summed E-state index contributed by atoms with van der Waals surface area (Å²) in [5.41, 5.74) is 1.46. The summed E-state index contributed by atoms with van der Waals surface area (Å²) in [6.07, 6.45) is 3.15. The zero-order valence-corrected chi connectivity index (χ0v) is 14.1. The molecule has 2 aromatic heterocycles. The first-order valence-corrected chi connectivity index (χ1v) is 8.23. The van der Waals surface area contributed by atoms with Crippen LogP contribution < -0.4 is 4.90 Å². The van der Waals surface area contributed by atoms with Gasteiger partial charge in [-0.2, -0.15) is 0 Å². The van der Waals surface area contributed by atoms with Crippen LogP contribution in [0, 0.1) is 6.92 Å². The summed E-state index contributed by atoms with van der Waals surface area (Å²) < 4.78 is 3.82. The average Bonchev–Trinajstić information content (AvgIpc) is 2.93. The molecule has 0 unspecified atom stereocenters. The van der Waals surface area contributed by atoms with E-state index in [-0.39, 0.29) is 5.91 Å². The van der Waals surface area contributed by atoms with Crippen molar-refractivity contribution in [1.82, 2.24) is 19.5 Å². The maximum atomic E-state index is 12.4. The lowest BCUT2D eigenvalue weighted by atomic mass is 10.2. The molecule has 1 aliphatic heterocycles. The summed E-state index contributed by atoms with van der Waals surface area (Å²) in [6.45, 7) is 4.33. The SMILES string of the molecule is Cc1nnsc1C(=O)N1CCN(c2c(Cl)cncc2Cl)CC1. The van der Waals surface area contributed by atoms with E-state index in [0.717, 1.165) is 17.2 Å². The molecule has 0 N–H and O–H groups in total. The fourth-order valence-electron chi connectivity index (χ4n) is 2.41. The Bertz CT molecular complexity index is 679. The Morgan fingerprint density at radius 1 is 1.18 bits per heavy atom. The Morgan fingerprint density at radius 2 is 1.82 bits per heavy atom. The standard InChI is InChI=1S/C13H13Cl2N5OS/c1-8-12(22-18-17-8)13(21)20-4-2-19(3-5-20)11-9(14)6-16-7-10(11)15/h6-7H,2-5H2,1H3. The Morgan fingerprint density at radius 3 is 2.36 bits per heavy atom. The predicted octanol–water partition coefficient (Wildman–Crippen LogP) is 2.51. The first kappa shape index (κ1) is 15.5. The van der Waals surface area contributed by atoms with E-state index in [1.807, 2.05) is 4.90 Å². The number of aryl methyl sites for hydroxylation is 1. The number of pyridine rings is 1. The molecule has 1 amide bonds. The largest absolute Gasteiger partial charge is 0.365 e. The van der Waals surface area contributed by atoms with E-state index in [4.69, 9.17) is 23.2 Å². The van der Waals surface area contributed by atoms with Crippen LogP contribution in [0.1, 0.15) is 15.4 Å². The second kappa shape index (κ2) is 6.36. The maximum absolute atomic E-state index is 12.4. The molecule has 0 bridgehead atoms. The van der Waals surface area contributed by atoms with Crippen LogP contribution in [0.4, 0.5) is 5.69 Å². The Balaban J connectivity index is 1.71. The van der Waals surface area contributed by atoms with Gasteiger partial charge < -0.3 is 9.80 Å². The number of hydrogen-bond acceptors (Lipinski definition) is 6. The van der Waals surface area contributed by atoms with Gasteiger partial charge in [-0.15, -0.1) is 5.10 Å². The minimum atomic E-state index is -0.0147. The minimum absolute atomic E-state index is 0.0147. The van der Waals surface area contributed by atoms with Crippen LogP contribution in [-0.4, -0.2) is 51.6 Å². The zero-order chi connectivity index (χ0) is 15.7. The van der Waals surface area contributed by atoms with E-state index in [2.05, 4.69) is 19.5 Å². The molecule has 116 valence electrons. The molecule has 0 aromatic carbocycles. The van der Waals surface area contributed by atoms with Crippen molar-refractivity contribution >= 4 is 46.3 Å². The van der Waals surface area contributed by atoms with Gasteiger partial charge >= 0.3 is 0 Å². The van der Waals surface area contributed by atoms with E-state index in [9.17, 15) is 4.79 Å². The van der Waals surface area contributed by atoms with Crippen molar-refractivity contribution in [2.45, 2.75) is 6.92 Å². The molecule has 1 saturated heterocycles. The molecule has 22 heavy (non-hydrogen) atoms. The van der Waals surface area contributed by atoms with E-state index in [1.165, 1.54) is 0 Å². The van der Waals surface area contributed by atoms with Crippen LogP contribution in [0.3, 0.4) is 0 Å². The normalized spacial score (nSPS) is 15.2. The van der Waals surface area contributed by atoms with Crippen molar-refractivity contribution < 1.29 is 4.79 Å². The van der Waals surface area contributed by atoms with E-state index >= 15 is 0 Å². The number of carbonyl (C=O) groups excluding carboxylic acids is 1. The van der Waals surface area contributed by atoms with Crippen molar-refractivity contribution in [1.29, 1.82) is 0 Å². The highest BCUT2D eigenvalue weighted by atomic mass is 35.5. The van der Waals surface area contributed by atoms with Crippen molar-refractivity contribution in [3.63, 3.8) is 0 Å². The fraction of sp³-hybridized carbons (Fsp3) is 0.385. The summed E-state index contributed by atoms with van der Waals surface area (Å²) in [4.78, 5) is 20.9. The highest BCUT2D eigenvalue weighted by Crippen LogP contribution is 2.33. The lowest BCUT2D eigenvalue weighted by Gasteiger charge is -2.36. The summed E-state index contributed by atoms with van der Waals surface area (Å²) in [7, 11) is 0. The molecule has 0 atom stereocenters. The highest BCUT2D eigenvalue weighted by Gasteiger charge is 2.26. The number of rotatable bonds is 2. The number of halogens is 2. The summed E-state index contributed by atoms with van der Waals surface area (Å²) >= 11 is 13.5. The van der Waals surface area contributed by atoms with Crippen molar-refractivity contribution in [2.75, 3.05) is 31.1 Å². The molecule has 3 heterocycles. The summed E-state index contributed by atoms with van der Waals surface area (Å²) in [5, 5.41) is 4.93. The molecule has 0 saturated carbocycles. The number of anilines is 1. The molecular formula is C13H13Cl2N5OS. The van der Waals surface area contributed by atoms with E-state index in [0.29, 0.717) is 46.8 Å². The van der Waals surface area contributed by atoms with Gasteiger partial charge in [-0.3, -0.25) is 9.78 Å². The number of hydrogen-bond donors (Lipinski definition) is 0. The quantitative estimate of drug-likeness (QED) is 0.826. The molecule has 1 aliphatic rings. The molecule has 0 spiro atoms. The Kier molecular flexibility index (Phi) is 4.46. The van der Waals surface area contributed by atoms with Gasteiger partial charge in [0.1, 0.15) is 4.88 Å². The van der Waals surface area contributed by atoms with Crippen LogP contribution >= 0.6 is 34.7 Å². The van der Waals surface area contributed by atoms with Crippen LogP contribution in [0.25, 0.3) is 0 Å². The zero-order valence-electron chi connectivity index (χ0n) is 11.8. The molecule has 9 heteroatoms. The highest BCUT2D eigenvalue weighted by molar-refractivity contribution is 7.07. The molecule has 0 radical (unpaired) electrons. The van der Waals surface area contributed by atoms with Gasteiger partial charge in [-0.05, 0) is 18.5 Å². The Labute approximate surface area is 141 Å². The molecule has 0 aliphatic carbocycles. The topological polar surface area (TPSA) is 62.2 Å². The summed E-state index contributed by atoms with van der Waals surface area (Å²) in [6, 6.07) is 0. The third-order valence-corrected chi connectivity index (χ3v) is 4.93. The first-order chi connectivity index (χ1) is 10.6. The Hall–Kier alpha value is -1.44. The van der Waals surface area contributed by atoms with E-state index in [1.54, 1.807) is 19.3 Å². The molecular weight excluding hydrogens is 345 g/mol. The maximum Gasteiger partial charge on any atom is 0.267 e. The lowest BCUT2D eigenvalue weighted by molar-refractivity contribution is 0.0750. The van der Waals surface area contributed by atoms with Crippen LogP contribution in [-0.2, 0) is 0 Å². The number of amides is 1. The van der Waals surface area contributed by atoms with Crippen molar-refractivity contribution in [3.05, 3.63) is 33.0 Å². The molecule has 1 fully saturated rings. The predicted molar refractivity (Wildman–Crippen MR) is 87.0 cm³/mol. The van der Waals surface area contributed by atoms with Gasteiger partial charge in [0.25, 0.3) is 5.91 Å². The summed E-state index contributed by atoms with van der Waals surface area (Å²) in [5.74, 6) is -0.0147. The van der Waals surface area contributed by atoms with Crippen LogP contribution in [0.15, 0.2) is 12.4 Å².